The Bertz CT molecular complexity index is 571. The molecule has 0 spiro atoms. The molecule has 114 valence electrons. The first-order valence-electron chi connectivity index (χ1n) is 7.18. The topological polar surface area (TPSA) is 66.0 Å². The molecule has 0 saturated carbocycles. The summed E-state index contributed by atoms with van der Waals surface area (Å²) in [6.07, 6.45) is 1.74. The van der Waals surface area contributed by atoms with E-state index in [0.29, 0.717) is 13.2 Å². The SMILES string of the molecule is CCc1ccccc1OCCSc1nnc(CCN)n1C. The molecule has 0 saturated heterocycles. The summed E-state index contributed by atoms with van der Waals surface area (Å²) < 4.78 is 7.84. The Hall–Kier alpha value is -1.53. The number of rotatable bonds is 8. The second kappa shape index (κ2) is 8.05. The van der Waals surface area contributed by atoms with E-state index < -0.39 is 0 Å². The molecule has 2 N–H and O–H groups in total. The van der Waals surface area contributed by atoms with E-state index in [1.165, 1.54) is 5.56 Å². The number of nitrogens with two attached hydrogens (primary N) is 1. The standard InChI is InChI=1S/C15H22N4OS/c1-3-12-6-4-5-7-13(12)20-10-11-21-15-18-17-14(8-9-16)19(15)2/h4-7H,3,8-11,16H2,1-2H3. The molecule has 1 aromatic carbocycles. The average Bonchev–Trinajstić information content (AvgIpc) is 2.85. The van der Waals surface area contributed by atoms with Crippen LogP contribution >= 0.6 is 11.8 Å². The second-order valence-electron chi connectivity index (χ2n) is 4.65. The summed E-state index contributed by atoms with van der Waals surface area (Å²) >= 11 is 1.65. The van der Waals surface area contributed by atoms with Crippen molar-refractivity contribution in [2.24, 2.45) is 12.8 Å². The average molecular weight is 306 g/mol. The highest BCUT2D eigenvalue weighted by Gasteiger charge is 2.08. The Morgan fingerprint density at radius 3 is 2.86 bits per heavy atom. The molecule has 0 fully saturated rings. The molecule has 0 atom stereocenters. The number of hydrogen-bond acceptors (Lipinski definition) is 5. The van der Waals surface area contributed by atoms with Crippen LogP contribution in [0.4, 0.5) is 0 Å². The lowest BCUT2D eigenvalue weighted by Gasteiger charge is -2.09. The molecule has 1 aromatic heterocycles. The molecule has 6 heteroatoms. The largest absolute Gasteiger partial charge is 0.492 e. The normalized spacial score (nSPS) is 10.8. The van der Waals surface area contributed by atoms with Crippen LogP contribution in [0.15, 0.2) is 29.4 Å². The van der Waals surface area contributed by atoms with E-state index in [0.717, 1.165) is 35.3 Å². The van der Waals surface area contributed by atoms with Crippen molar-refractivity contribution in [3.05, 3.63) is 35.7 Å². The first-order chi connectivity index (χ1) is 10.3. The summed E-state index contributed by atoms with van der Waals surface area (Å²) in [6.45, 7) is 3.38. The first-order valence-corrected chi connectivity index (χ1v) is 8.16. The van der Waals surface area contributed by atoms with Gasteiger partial charge in [0.2, 0.25) is 0 Å². The maximum atomic E-state index is 5.85. The third-order valence-electron chi connectivity index (χ3n) is 3.22. The summed E-state index contributed by atoms with van der Waals surface area (Å²) in [7, 11) is 1.97. The fourth-order valence-electron chi connectivity index (χ4n) is 2.04. The van der Waals surface area contributed by atoms with Crippen LogP contribution in [0.2, 0.25) is 0 Å². The Morgan fingerprint density at radius 1 is 1.29 bits per heavy atom. The molecule has 0 aliphatic rings. The number of ether oxygens (including phenoxy) is 1. The minimum absolute atomic E-state index is 0.591. The van der Waals surface area contributed by atoms with Crippen LogP contribution in [-0.2, 0) is 19.9 Å². The molecule has 2 aromatic rings. The molecule has 21 heavy (non-hydrogen) atoms. The predicted octanol–water partition coefficient (Wildman–Crippen LogP) is 2.05. The van der Waals surface area contributed by atoms with Crippen molar-refractivity contribution in [2.45, 2.75) is 24.9 Å². The van der Waals surface area contributed by atoms with Crippen molar-refractivity contribution in [3.63, 3.8) is 0 Å². The maximum Gasteiger partial charge on any atom is 0.191 e. The zero-order valence-corrected chi connectivity index (χ0v) is 13.4. The van der Waals surface area contributed by atoms with Crippen molar-refractivity contribution in [3.8, 4) is 5.75 Å². The van der Waals surface area contributed by atoms with Gasteiger partial charge < -0.3 is 15.0 Å². The molecular formula is C15H22N4OS. The summed E-state index contributed by atoms with van der Waals surface area (Å²) in [4.78, 5) is 0. The van der Waals surface area contributed by atoms with Crippen LogP contribution in [0.25, 0.3) is 0 Å². The van der Waals surface area contributed by atoms with Crippen LogP contribution in [0.3, 0.4) is 0 Å². The highest BCUT2D eigenvalue weighted by atomic mass is 32.2. The van der Waals surface area contributed by atoms with Crippen molar-refractivity contribution in [2.75, 3.05) is 18.9 Å². The number of hydrogen-bond donors (Lipinski definition) is 1. The maximum absolute atomic E-state index is 5.85. The number of aryl methyl sites for hydroxylation is 1. The second-order valence-corrected chi connectivity index (χ2v) is 5.72. The van der Waals surface area contributed by atoms with Gasteiger partial charge in [0.05, 0.1) is 6.61 Å². The van der Waals surface area contributed by atoms with E-state index in [1.54, 1.807) is 11.8 Å². The van der Waals surface area contributed by atoms with E-state index in [9.17, 15) is 0 Å². The number of thioether (sulfide) groups is 1. The smallest absolute Gasteiger partial charge is 0.191 e. The van der Waals surface area contributed by atoms with E-state index in [4.69, 9.17) is 10.5 Å². The first kappa shape index (κ1) is 15.9. The Morgan fingerprint density at radius 2 is 2.10 bits per heavy atom. The minimum Gasteiger partial charge on any atom is -0.492 e. The summed E-state index contributed by atoms with van der Waals surface area (Å²) in [5, 5.41) is 9.23. The van der Waals surface area contributed by atoms with Gasteiger partial charge in [-0.1, -0.05) is 36.9 Å². The molecule has 0 amide bonds. The lowest BCUT2D eigenvalue weighted by Crippen LogP contribution is -2.08. The molecular weight excluding hydrogens is 284 g/mol. The van der Waals surface area contributed by atoms with Gasteiger partial charge in [-0.25, -0.2) is 0 Å². The van der Waals surface area contributed by atoms with Gasteiger partial charge in [0.15, 0.2) is 5.16 Å². The van der Waals surface area contributed by atoms with Gasteiger partial charge in [-0.15, -0.1) is 10.2 Å². The van der Waals surface area contributed by atoms with Crippen molar-refractivity contribution >= 4 is 11.8 Å². The summed E-state index contributed by atoms with van der Waals surface area (Å²) in [6, 6.07) is 8.16. The molecule has 0 unspecified atom stereocenters. The van der Waals surface area contributed by atoms with Crippen LogP contribution in [0, 0.1) is 0 Å². The highest BCUT2D eigenvalue weighted by Crippen LogP contribution is 2.20. The predicted molar refractivity (Wildman–Crippen MR) is 85.8 cm³/mol. The molecule has 5 nitrogen and oxygen atoms in total. The zero-order chi connectivity index (χ0) is 15.1. The number of aromatic nitrogens is 3. The minimum atomic E-state index is 0.591. The zero-order valence-electron chi connectivity index (χ0n) is 12.6. The van der Waals surface area contributed by atoms with E-state index in [2.05, 4.69) is 23.2 Å². The van der Waals surface area contributed by atoms with Gasteiger partial charge in [-0.05, 0) is 24.6 Å². The number of benzene rings is 1. The third kappa shape index (κ3) is 4.22. The molecule has 0 bridgehead atoms. The van der Waals surface area contributed by atoms with Gasteiger partial charge in [-0.2, -0.15) is 0 Å². The lowest BCUT2D eigenvalue weighted by molar-refractivity contribution is 0.340. The fraction of sp³-hybridized carbons (Fsp3) is 0.467. The van der Waals surface area contributed by atoms with Gasteiger partial charge in [0, 0.05) is 19.2 Å². The molecule has 2 rings (SSSR count). The molecule has 0 radical (unpaired) electrons. The van der Waals surface area contributed by atoms with E-state index >= 15 is 0 Å². The van der Waals surface area contributed by atoms with E-state index in [1.807, 2.05) is 29.8 Å². The van der Waals surface area contributed by atoms with Crippen LogP contribution in [-0.4, -0.2) is 33.7 Å². The van der Waals surface area contributed by atoms with Gasteiger partial charge in [0.25, 0.3) is 0 Å². The van der Waals surface area contributed by atoms with E-state index in [-0.39, 0.29) is 0 Å². The van der Waals surface area contributed by atoms with Crippen molar-refractivity contribution in [1.82, 2.24) is 14.8 Å². The van der Waals surface area contributed by atoms with Crippen LogP contribution in [0.1, 0.15) is 18.3 Å². The van der Waals surface area contributed by atoms with Gasteiger partial charge >= 0.3 is 0 Å². The van der Waals surface area contributed by atoms with Crippen molar-refractivity contribution < 1.29 is 4.74 Å². The number of para-hydroxylation sites is 1. The van der Waals surface area contributed by atoms with Gasteiger partial charge in [0.1, 0.15) is 11.6 Å². The molecule has 0 aliphatic carbocycles. The third-order valence-corrected chi connectivity index (χ3v) is 4.20. The Labute approximate surface area is 129 Å². The lowest BCUT2D eigenvalue weighted by atomic mass is 10.1. The summed E-state index contributed by atoms with van der Waals surface area (Å²) in [5.74, 6) is 2.74. The number of nitrogens with zero attached hydrogens (tertiary/aromatic N) is 3. The van der Waals surface area contributed by atoms with Crippen LogP contribution in [0.5, 0.6) is 5.75 Å². The van der Waals surface area contributed by atoms with Crippen molar-refractivity contribution in [1.29, 1.82) is 0 Å². The molecule has 0 aliphatic heterocycles. The summed E-state index contributed by atoms with van der Waals surface area (Å²) in [5.41, 5.74) is 6.79. The highest BCUT2D eigenvalue weighted by molar-refractivity contribution is 7.99. The van der Waals surface area contributed by atoms with Crippen LogP contribution < -0.4 is 10.5 Å². The monoisotopic (exact) mass is 306 g/mol. The quantitative estimate of drug-likeness (QED) is 0.597. The van der Waals surface area contributed by atoms with Gasteiger partial charge in [-0.3, -0.25) is 0 Å². The Kier molecular flexibility index (Phi) is 6.07. The molecule has 1 heterocycles. The fourth-order valence-corrected chi connectivity index (χ4v) is 2.79. The Balaban J connectivity index is 1.82.